The summed E-state index contributed by atoms with van der Waals surface area (Å²) in [6, 6.07) is 0. The van der Waals surface area contributed by atoms with Crippen LogP contribution in [0.5, 0.6) is 0 Å². The van der Waals surface area contributed by atoms with Crippen LogP contribution < -0.4 is 5.32 Å². The number of hydrogen-bond acceptors (Lipinski definition) is 2. The van der Waals surface area contributed by atoms with Gasteiger partial charge in [0, 0.05) is 23.7 Å². The van der Waals surface area contributed by atoms with Gasteiger partial charge in [-0.1, -0.05) is 19.3 Å². The van der Waals surface area contributed by atoms with Gasteiger partial charge in [0.15, 0.2) is 0 Å². The molecule has 0 unspecified atom stereocenters. The highest BCUT2D eigenvalue weighted by molar-refractivity contribution is 5.11. The lowest BCUT2D eigenvalue weighted by Gasteiger charge is -2.22. The maximum absolute atomic E-state index is 4.63. The molecule has 0 radical (unpaired) electrons. The number of aromatic amines is 1. The molecule has 1 aromatic rings. The zero-order valence-corrected chi connectivity index (χ0v) is 10.5. The molecule has 0 bridgehead atoms. The zero-order valence-electron chi connectivity index (χ0n) is 10.5. The van der Waals surface area contributed by atoms with Crippen LogP contribution >= 0.6 is 0 Å². The second-order valence-corrected chi connectivity index (χ2v) is 5.58. The molecular formula is C14H23N3. The van der Waals surface area contributed by atoms with Crippen molar-refractivity contribution in [3.63, 3.8) is 0 Å². The van der Waals surface area contributed by atoms with Crippen LogP contribution in [0.15, 0.2) is 6.20 Å². The second-order valence-electron chi connectivity index (χ2n) is 5.58. The van der Waals surface area contributed by atoms with E-state index in [1.807, 2.05) is 0 Å². The minimum atomic E-state index is 0.661. The van der Waals surface area contributed by atoms with Crippen molar-refractivity contribution in [2.75, 3.05) is 13.1 Å². The first-order valence-electron chi connectivity index (χ1n) is 7.19. The summed E-state index contributed by atoms with van der Waals surface area (Å²) in [5, 5.41) is 3.41. The Balaban J connectivity index is 1.68. The predicted octanol–water partition coefficient (Wildman–Crippen LogP) is 2.92. The molecule has 0 atom stereocenters. The Morgan fingerprint density at radius 3 is 2.47 bits per heavy atom. The largest absolute Gasteiger partial charge is 0.345 e. The van der Waals surface area contributed by atoms with Crippen LogP contribution in [0.1, 0.15) is 68.3 Å². The number of rotatable bonds is 2. The van der Waals surface area contributed by atoms with Gasteiger partial charge in [0.05, 0.1) is 0 Å². The minimum absolute atomic E-state index is 0.661. The van der Waals surface area contributed by atoms with E-state index in [1.165, 1.54) is 56.5 Å². The van der Waals surface area contributed by atoms with Crippen molar-refractivity contribution < 1.29 is 0 Å². The molecule has 2 N–H and O–H groups in total. The lowest BCUT2D eigenvalue weighted by atomic mass is 9.87. The highest BCUT2D eigenvalue weighted by Gasteiger charge is 2.21. The van der Waals surface area contributed by atoms with E-state index in [0.29, 0.717) is 5.92 Å². The first-order valence-corrected chi connectivity index (χ1v) is 7.19. The van der Waals surface area contributed by atoms with Crippen LogP contribution in [-0.4, -0.2) is 23.1 Å². The van der Waals surface area contributed by atoms with Gasteiger partial charge in [0.25, 0.3) is 0 Å². The Morgan fingerprint density at radius 2 is 1.71 bits per heavy atom. The van der Waals surface area contributed by atoms with E-state index in [-0.39, 0.29) is 0 Å². The van der Waals surface area contributed by atoms with E-state index in [2.05, 4.69) is 21.5 Å². The molecule has 1 saturated heterocycles. The third kappa shape index (κ3) is 2.54. The summed E-state index contributed by atoms with van der Waals surface area (Å²) >= 11 is 0. The van der Waals surface area contributed by atoms with E-state index in [4.69, 9.17) is 0 Å². The van der Waals surface area contributed by atoms with E-state index in [9.17, 15) is 0 Å². The van der Waals surface area contributed by atoms with Crippen molar-refractivity contribution in [3.05, 3.63) is 17.7 Å². The molecule has 2 heterocycles. The monoisotopic (exact) mass is 233 g/mol. The molecule has 1 aromatic heterocycles. The molecule has 0 aromatic carbocycles. The summed E-state index contributed by atoms with van der Waals surface area (Å²) in [5.41, 5.74) is 1.40. The summed E-state index contributed by atoms with van der Waals surface area (Å²) in [7, 11) is 0. The Bertz CT molecular complexity index is 314. The molecule has 1 aliphatic heterocycles. The molecule has 3 nitrogen and oxygen atoms in total. The van der Waals surface area contributed by atoms with Crippen LogP contribution in [0.2, 0.25) is 0 Å². The SMILES string of the molecule is c1nc(C2CCNCC2)[nH]c1C1CCCCC1. The Kier molecular flexibility index (Phi) is 3.46. The average molecular weight is 233 g/mol. The number of nitrogens with zero attached hydrogens (tertiary/aromatic N) is 1. The maximum atomic E-state index is 4.63. The highest BCUT2D eigenvalue weighted by Crippen LogP contribution is 2.32. The first kappa shape index (κ1) is 11.3. The van der Waals surface area contributed by atoms with Gasteiger partial charge in [-0.3, -0.25) is 0 Å². The van der Waals surface area contributed by atoms with Crippen molar-refractivity contribution >= 4 is 0 Å². The van der Waals surface area contributed by atoms with Crippen LogP contribution in [0.25, 0.3) is 0 Å². The summed E-state index contributed by atoms with van der Waals surface area (Å²) in [5.74, 6) is 2.66. The number of hydrogen-bond donors (Lipinski definition) is 2. The summed E-state index contributed by atoms with van der Waals surface area (Å²) < 4.78 is 0. The Labute approximate surface area is 103 Å². The molecule has 3 rings (SSSR count). The molecule has 3 heteroatoms. The van der Waals surface area contributed by atoms with Crippen LogP contribution in [-0.2, 0) is 0 Å². The van der Waals surface area contributed by atoms with Crippen molar-refractivity contribution in [1.29, 1.82) is 0 Å². The molecule has 2 aliphatic rings. The fourth-order valence-electron chi connectivity index (χ4n) is 3.28. The summed E-state index contributed by atoms with van der Waals surface area (Å²) in [6.45, 7) is 2.29. The quantitative estimate of drug-likeness (QED) is 0.824. The van der Waals surface area contributed by atoms with Crippen LogP contribution in [0.3, 0.4) is 0 Å². The van der Waals surface area contributed by atoms with Crippen molar-refractivity contribution in [2.24, 2.45) is 0 Å². The second kappa shape index (κ2) is 5.21. The van der Waals surface area contributed by atoms with E-state index in [1.54, 1.807) is 0 Å². The van der Waals surface area contributed by atoms with Gasteiger partial charge in [0.1, 0.15) is 5.82 Å². The lowest BCUT2D eigenvalue weighted by Crippen LogP contribution is -2.27. The Morgan fingerprint density at radius 1 is 0.941 bits per heavy atom. The predicted molar refractivity (Wildman–Crippen MR) is 69.3 cm³/mol. The molecule has 2 fully saturated rings. The lowest BCUT2D eigenvalue weighted by molar-refractivity contribution is 0.431. The molecule has 94 valence electrons. The maximum Gasteiger partial charge on any atom is 0.109 e. The fourth-order valence-corrected chi connectivity index (χ4v) is 3.28. The number of imidazole rings is 1. The number of nitrogens with one attached hydrogen (secondary N) is 2. The molecule has 0 amide bonds. The zero-order chi connectivity index (χ0) is 11.5. The summed E-state index contributed by atoms with van der Waals surface area (Å²) in [4.78, 5) is 8.25. The van der Waals surface area contributed by atoms with Crippen molar-refractivity contribution in [3.8, 4) is 0 Å². The number of H-pyrrole nitrogens is 1. The molecule has 1 saturated carbocycles. The van der Waals surface area contributed by atoms with E-state index >= 15 is 0 Å². The third-order valence-corrected chi connectivity index (χ3v) is 4.39. The smallest absolute Gasteiger partial charge is 0.109 e. The van der Waals surface area contributed by atoms with Crippen LogP contribution in [0, 0.1) is 0 Å². The molecule has 1 aliphatic carbocycles. The molecule has 0 spiro atoms. The third-order valence-electron chi connectivity index (χ3n) is 4.39. The van der Waals surface area contributed by atoms with Crippen molar-refractivity contribution in [1.82, 2.24) is 15.3 Å². The van der Waals surface area contributed by atoms with Gasteiger partial charge in [-0.25, -0.2) is 4.98 Å². The van der Waals surface area contributed by atoms with Gasteiger partial charge in [-0.2, -0.15) is 0 Å². The van der Waals surface area contributed by atoms with Gasteiger partial charge >= 0.3 is 0 Å². The van der Waals surface area contributed by atoms with Gasteiger partial charge in [-0.15, -0.1) is 0 Å². The highest BCUT2D eigenvalue weighted by atomic mass is 14.9. The van der Waals surface area contributed by atoms with E-state index < -0.39 is 0 Å². The van der Waals surface area contributed by atoms with Gasteiger partial charge in [-0.05, 0) is 38.8 Å². The fraction of sp³-hybridized carbons (Fsp3) is 0.786. The minimum Gasteiger partial charge on any atom is -0.345 e. The number of piperidine rings is 1. The van der Waals surface area contributed by atoms with Gasteiger partial charge < -0.3 is 10.3 Å². The summed E-state index contributed by atoms with van der Waals surface area (Å²) in [6.07, 6.45) is 11.5. The van der Waals surface area contributed by atoms with Crippen LogP contribution in [0.4, 0.5) is 0 Å². The Hall–Kier alpha value is -0.830. The molecule has 17 heavy (non-hydrogen) atoms. The van der Waals surface area contributed by atoms with E-state index in [0.717, 1.165) is 19.0 Å². The van der Waals surface area contributed by atoms with Crippen molar-refractivity contribution in [2.45, 2.75) is 56.8 Å². The van der Waals surface area contributed by atoms with Gasteiger partial charge in [0.2, 0.25) is 0 Å². The topological polar surface area (TPSA) is 40.7 Å². The average Bonchev–Trinajstić information content (AvgIpc) is 2.90. The first-order chi connectivity index (χ1) is 8.43. The normalized spacial score (nSPS) is 24.0. The number of aromatic nitrogens is 2. The standard InChI is InChI=1S/C14H23N3/c1-2-4-11(5-3-1)13-10-16-14(17-13)12-6-8-15-9-7-12/h10-12,15H,1-9H2,(H,16,17). The molecular weight excluding hydrogens is 210 g/mol.